The van der Waals surface area contributed by atoms with E-state index in [0.29, 0.717) is 0 Å². The second-order valence-electron chi connectivity index (χ2n) is 5.42. The molecule has 1 atom stereocenters. The molecule has 17 heavy (non-hydrogen) atoms. The van der Waals surface area contributed by atoms with E-state index in [-0.39, 0.29) is 35.9 Å². The topological polar surface area (TPSA) is 49.4 Å². The van der Waals surface area contributed by atoms with Crippen molar-refractivity contribution in [1.82, 2.24) is 10.2 Å². The number of carbonyl (C=O) groups is 2. The molecule has 0 aliphatic carbocycles. The third-order valence-electron chi connectivity index (χ3n) is 3.99. The van der Waals surface area contributed by atoms with Crippen LogP contribution < -0.4 is 5.32 Å². The molecule has 1 aliphatic rings. The number of amides is 2. The Kier molecular flexibility index (Phi) is 4.17. The molecule has 0 aromatic heterocycles. The monoisotopic (exact) mass is 240 g/mol. The van der Waals surface area contributed by atoms with Gasteiger partial charge in [0, 0.05) is 5.54 Å². The molecule has 1 N–H and O–H groups in total. The van der Waals surface area contributed by atoms with Crippen molar-refractivity contribution in [3.8, 4) is 0 Å². The largest absolute Gasteiger partial charge is 0.343 e. The minimum absolute atomic E-state index is 0.0450. The maximum Gasteiger partial charge on any atom is 0.246 e. The standard InChI is InChI=1S/C13H24N2O2/c1-6-13(5,7-2)15-8-10(16)14-11(9(3)4)12(15)17/h9,11H,6-8H2,1-5H3,(H,14,16). The zero-order valence-electron chi connectivity index (χ0n) is 11.5. The highest BCUT2D eigenvalue weighted by molar-refractivity contribution is 5.95. The van der Waals surface area contributed by atoms with Gasteiger partial charge in [-0.25, -0.2) is 0 Å². The smallest absolute Gasteiger partial charge is 0.246 e. The lowest BCUT2D eigenvalue weighted by Crippen LogP contribution is -2.65. The average Bonchev–Trinajstić information content (AvgIpc) is 2.30. The van der Waals surface area contributed by atoms with Crippen molar-refractivity contribution < 1.29 is 9.59 Å². The lowest BCUT2D eigenvalue weighted by Gasteiger charge is -2.45. The predicted molar refractivity (Wildman–Crippen MR) is 67.5 cm³/mol. The van der Waals surface area contributed by atoms with Crippen molar-refractivity contribution in [2.24, 2.45) is 5.92 Å². The van der Waals surface area contributed by atoms with Crippen LogP contribution in [0.1, 0.15) is 47.5 Å². The Hall–Kier alpha value is -1.06. The number of rotatable bonds is 4. The molecule has 1 rings (SSSR count). The van der Waals surface area contributed by atoms with E-state index in [0.717, 1.165) is 12.8 Å². The number of hydrogen-bond acceptors (Lipinski definition) is 2. The summed E-state index contributed by atoms with van der Waals surface area (Å²) in [5, 5.41) is 2.79. The summed E-state index contributed by atoms with van der Waals surface area (Å²) in [6.07, 6.45) is 1.74. The number of nitrogens with one attached hydrogen (secondary N) is 1. The van der Waals surface area contributed by atoms with Crippen LogP contribution in [0.3, 0.4) is 0 Å². The Morgan fingerprint density at radius 3 is 2.29 bits per heavy atom. The summed E-state index contributed by atoms with van der Waals surface area (Å²) in [6, 6.07) is -0.367. The summed E-state index contributed by atoms with van der Waals surface area (Å²) >= 11 is 0. The number of hydrogen-bond donors (Lipinski definition) is 1. The van der Waals surface area contributed by atoms with Crippen LogP contribution in [0.2, 0.25) is 0 Å². The molecule has 2 amide bonds. The fourth-order valence-corrected chi connectivity index (χ4v) is 2.21. The van der Waals surface area contributed by atoms with E-state index in [1.807, 2.05) is 13.8 Å². The predicted octanol–water partition coefficient (Wildman–Crippen LogP) is 1.55. The maximum atomic E-state index is 12.4. The van der Waals surface area contributed by atoms with Crippen LogP contribution in [-0.4, -0.2) is 34.8 Å². The molecule has 98 valence electrons. The van der Waals surface area contributed by atoms with Crippen molar-refractivity contribution in [2.45, 2.75) is 59.0 Å². The number of carbonyl (C=O) groups excluding carboxylic acids is 2. The average molecular weight is 240 g/mol. The first-order chi connectivity index (χ1) is 7.85. The van der Waals surface area contributed by atoms with Crippen molar-refractivity contribution >= 4 is 11.8 Å². The molecule has 1 unspecified atom stereocenters. The lowest BCUT2D eigenvalue weighted by atomic mass is 9.89. The van der Waals surface area contributed by atoms with Gasteiger partial charge in [-0.3, -0.25) is 9.59 Å². The molecule has 1 heterocycles. The minimum atomic E-state index is -0.367. The number of nitrogens with zero attached hydrogens (tertiary/aromatic N) is 1. The molecular weight excluding hydrogens is 216 g/mol. The van der Waals surface area contributed by atoms with Crippen molar-refractivity contribution in [2.75, 3.05) is 6.54 Å². The Morgan fingerprint density at radius 2 is 1.88 bits per heavy atom. The Balaban J connectivity index is 2.99. The lowest BCUT2D eigenvalue weighted by molar-refractivity contribution is -0.152. The number of piperazine rings is 1. The normalized spacial score (nSPS) is 22.0. The molecule has 0 saturated carbocycles. The molecule has 1 aliphatic heterocycles. The van der Waals surface area contributed by atoms with Gasteiger partial charge in [0.15, 0.2) is 0 Å². The van der Waals surface area contributed by atoms with E-state index >= 15 is 0 Å². The van der Waals surface area contributed by atoms with Crippen LogP contribution in [0.4, 0.5) is 0 Å². The fraction of sp³-hybridized carbons (Fsp3) is 0.846. The molecule has 0 bridgehead atoms. The van der Waals surface area contributed by atoms with E-state index in [9.17, 15) is 9.59 Å². The van der Waals surface area contributed by atoms with Gasteiger partial charge < -0.3 is 10.2 Å². The Bertz CT molecular complexity index is 309. The van der Waals surface area contributed by atoms with Crippen LogP contribution in [-0.2, 0) is 9.59 Å². The van der Waals surface area contributed by atoms with Gasteiger partial charge in [-0.05, 0) is 25.7 Å². The van der Waals surface area contributed by atoms with Gasteiger partial charge in [-0.1, -0.05) is 27.7 Å². The summed E-state index contributed by atoms with van der Waals surface area (Å²) in [5.41, 5.74) is -0.206. The van der Waals surface area contributed by atoms with Crippen LogP contribution in [0, 0.1) is 5.92 Å². The third kappa shape index (κ3) is 2.61. The second kappa shape index (κ2) is 5.07. The SMILES string of the molecule is CCC(C)(CC)N1CC(=O)NC(C(C)C)C1=O. The van der Waals surface area contributed by atoms with Gasteiger partial charge in [0.05, 0.1) is 0 Å². The molecule has 1 saturated heterocycles. The van der Waals surface area contributed by atoms with E-state index in [1.54, 1.807) is 4.90 Å². The summed E-state index contributed by atoms with van der Waals surface area (Å²) in [7, 11) is 0. The van der Waals surface area contributed by atoms with Gasteiger partial charge >= 0.3 is 0 Å². The summed E-state index contributed by atoms with van der Waals surface area (Å²) < 4.78 is 0. The highest BCUT2D eigenvalue weighted by Crippen LogP contribution is 2.26. The van der Waals surface area contributed by atoms with Crippen molar-refractivity contribution in [1.29, 1.82) is 0 Å². The molecule has 1 fully saturated rings. The molecular formula is C13H24N2O2. The van der Waals surface area contributed by atoms with E-state index < -0.39 is 0 Å². The Morgan fingerprint density at radius 1 is 1.35 bits per heavy atom. The molecule has 4 heteroatoms. The highest BCUT2D eigenvalue weighted by atomic mass is 16.2. The fourth-order valence-electron chi connectivity index (χ4n) is 2.21. The Labute approximate surface area is 104 Å². The maximum absolute atomic E-state index is 12.4. The molecule has 0 aromatic rings. The highest BCUT2D eigenvalue weighted by Gasteiger charge is 2.41. The summed E-state index contributed by atoms with van der Waals surface area (Å²) in [4.78, 5) is 25.9. The van der Waals surface area contributed by atoms with Crippen LogP contribution in [0.5, 0.6) is 0 Å². The zero-order chi connectivity index (χ0) is 13.2. The van der Waals surface area contributed by atoms with E-state index in [4.69, 9.17) is 0 Å². The molecule has 4 nitrogen and oxygen atoms in total. The first-order valence-corrected chi connectivity index (χ1v) is 6.46. The first-order valence-electron chi connectivity index (χ1n) is 6.46. The molecule has 0 radical (unpaired) electrons. The van der Waals surface area contributed by atoms with E-state index in [2.05, 4.69) is 26.1 Å². The van der Waals surface area contributed by atoms with Gasteiger partial charge in [-0.15, -0.1) is 0 Å². The third-order valence-corrected chi connectivity index (χ3v) is 3.99. The van der Waals surface area contributed by atoms with Gasteiger partial charge in [0.2, 0.25) is 11.8 Å². The molecule has 0 aromatic carbocycles. The zero-order valence-corrected chi connectivity index (χ0v) is 11.5. The van der Waals surface area contributed by atoms with Crippen molar-refractivity contribution in [3.05, 3.63) is 0 Å². The first kappa shape index (κ1) is 14.0. The minimum Gasteiger partial charge on any atom is -0.343 e. The summed E-state index contributed by atoms with van der Waals surface area (Å²) in [5.74, 6) is 0.148. The van der Waals surface area contributed by atoms with Gasteiger partial charge in [0.25, 0.3) is 0 Å². The summed E-state index contributed by atoms with van der Waals surface area (Å²) in [6.45, 7) is 10.3. The second-order valence-corrected chi connectivity index (χ2v) is 5.42. The van der Waals surface area contributed by atoms with Gasteiger partial charge in [-0.2, -0.15) is 0 Å². The van der Waals surface area contributed by atoms with Gasteiger partial charge in [0.1, 0.15) is 12.6 Å². The van der Waals surface area contributed by atoms with Crippen molar-refractivity contribution in [3.63, 3.8) is 0 Å². The molecule has 0 spiro atoms. The van der Waals surface area contributed by atoms with Crippen LogP contribution in [0.25, 0.3) is 0 Å². The van der Waals surface area contributed by atoms with Crippen LogP contribution >= 0.6 is 0 Å². The van der Waals surface area contributed by atoms with Crippen LogP contribution in [0.15, 0.2) is 0 Å². The van der Waals surface area contributed by atoms with E-state index in [1.165, 1.54) is 0 Å². The quantitative estimate of drug-likeness (QED) is 0.810.